The number of nitrogens with zero attached hydrogens (tertiary/aromatic N) is 1. The van der Waals surface area contributed by atoms with Crippen LogP contribution >= 0.6 is 0 Å². The minimum atomic E-state index is 0.859. The van der Waals surface area contributed by atoms with Crippen LogP contribution in [-0.2, 0) is 13.5 Å². The van der Waals surface area contributed by atoms with Crippen molar-refractivity contribution in [3.63, 3.8) is 0 Å². The second-order valence-corrected chi connectivity index (χ2v) is 6.69. The van der Waals surface area contributed by atoms with E-state index < -0.39 is 0 Å². The lowest BCUT2D eigenvalue weighted by atomic mass is 10.1. The van der Waals surface area contributed by atoms with Gasteiger partial charge in [0.15, 0.2) is 0 Å². The Morgan fingerprint density at radius 1 is 0.923 bits per heavy atom. The fourth-order valence-electron chi connectivity index (χ4n) is 3.41. The molecular weight excluding hydrogens is 318 g/mol. The number of fused-ring (bicyclic) bond motifs is 1. The molecule has 0 aliphatic heterocycles. The maximum absolute atomic E-state index is 5.22. The van der Waals surface area contributed by atoms with Crippen LogP contribution in [0.15, 0.2) is 48.5 Å². The molecule has 3 aromatic rings. The number of methoxy groups -OCH3 is 1. The SMILES string of the molecule is CCCCCCc1c(C#Cc2ccc(OC)cc2)c2ccccc2n1C. The smallest absolute Gasteiger partial charge is 0.118 e. The summed E-state index contributed by atoms with van der Waals surface area (Å²) in [5.74, 6) is 7.66. The molecule has 0 fully saturated rings. The number of aryl methyl sites for hydroxylation is 1. The van der Waals surface area contributed by atoms with Crippen LogP contribution in [0.5, 0.6) is 5.75 Å². The summed E-state index contributed by atoms with van der Waals surface area (Å²) >= 11 is 0. The van der Waals surface area contributed by atoms with E-state index in [2.05, 4.69) is 54.6 Å². The third kappa shape index (κ3) is 3.94. The highest BCUT2D eigenvalue weighted by Crippen LogP contribution is 2.26. The summed E-state index contributed by atoms with van der Waals surface area (Å²) in [4.78, 5) is 0. The van der Waals surface area contributed by atoms with E-state index in [-0.39, 0.29) is 0 Å². The van der Waals surface area contributed by atoms with Crippen molar-refractivity contribution in [2.45, 2.75) is 39.0 Å². The van der Waals surface area contributed by atoms with Gasteiger partial charge in [0.2, 0.25) is 0 Å². The molecular formula is C24H27NO. The number of para-hydroxylation sites is 1. The normalized spacial score (nSPS) is 10.6. The molecule has 2 nitrogen and oxygen atoms in total. The lowest BCUT2D eigenvalue weighted by molar-refractivity contribution is 0.415. The van der Waals surface area contributed by atoms with Gasteiger partial charge in [0, 0.05) is 29.2 Å². The monoisotopic (exact) mass is 345 g/mol. The first-order valence-corrected chi connectivity index (χ1v) is 9.47. The lowest BCUT2D eigenvalue weighted by Crippen LogP contribution is -1.98. The molecule has 0 atom stereocenters. The van der Waals surface area contributed by atoms with E-state index in [1.807, 2.05) is 24.3 Å². The summed E-state index contributed by atoms with van der Waals surface area (Å²) < 4.78 is 7.54. The van der Waals surface area contributed by atoms with Crippen molar-refractivity contribution in [1.82, 2.24) is 4.57 Å². The Morgan fingerprint density at radius 2 is 1.69 bits per heavy atom. The minimum Gasteiger partial charge on any atom is -0.497 e. The van der Waals surface area contributed by atoms with Crippen LogP contribution in [0, 0.1) is 11.8 Å². The van der Waals surface area contributed by atoms with Crippen LogP contribution in [-0.4, -0.2) is 11.7 Å². The van der Waals surface area contributed by atoms with Gasteiger partial charge in [-0.2, -0.15) is 0 Å². The molecule has 0 aliphatic carbocycles. The fraction of sp³-hybridized carbons (Fsp3) is 0.333. The van der Waals surface area contributed by atoms with E-state index >= 15 is 0 Å². The summed E-state index contributed by atoms with van der Waals surface area (Å²) in [6.45, 7) is 2.25. The molecule has 134 valence electrons. The Morgan fingerprint density at radius 3 is 2.42 bits per heavy atom. The zero-order chi connectivity index (χ0) is 18.4. The predicted octanol–water partition coefficient (Wildman–Crippen LogP) is 5.71. The number of benzene rings is 2. The summed E-state index contributed by atoms with van der Waals surface area (Å²) in [7, 11) is 3.84. The Kier molecular flexibility index (Phi) is 6.02. The molecule has 2 aromatic carbocycles. The van der Waals surface area contributed by atoms with Crippen LogP contribution in [0.1, 0.15) is 49.4 Å². The number of unbranched alkanes of at least 4 members (excludes halogenated alkanes) is 3. The summed E-state index contributed by atoms with van der Waals surface area (Å²) in [5, 5.41) is 1.25. The second-order valence-electron chi connectivity index (χ2n) is 6.69. The van der Waals surface area contributed by atoms with Crippen molar-refractivity contribution >= 4 is 10.9 Å². The van der Waals surface area contributed by atoms with E-state index in [0.717, 1.165) is 17.7 Å². The van der Waals surface area contributed by atoms with Crippen LogP contribution in [0.2, 0.25) is 0 Å². The number of rotatable bonds is 6. The molecule has 0 saturated carbocycles. The van der Waals surface area contributed by atoms with E-state index in [0.29, 0.717) is 0 Å². The van der Waals surface area contributed by atoms with E-state index in [4.69, 9.17) is 4.74 Å². The Hall–Kier alpha value is -2.66. The van der Waals surface area contributed by atoms with Crippen LogP contribution in [0.25, 0.3) is 10.9 Å². The molecule has 0 radical (unpaired) electrons. The summed E-state index contributed by atoms with van der Waals surface area (Å²) in [5.41, 5.74) is 4.80. The molecule has 0 spiro atoms. The molecule has 0 N–H and O–H groups in total. The van der Waals surface area contributed by atoms with Crippen LogP contribution in [0.4, 0.5) is 0 Å². The van der Waals surface area contributed by atoms with E-state index in [1.165, 1.54) is 47.8 Å². The van der Waals surface area contributed by atoms with E-state index in [9.17, 15) is 0 Å². The molecule has 0 unspecified atom stereocenters. The number of hydrogen-bond donors (Lipinski definition) is 0. The van der Waals surface area contributed by atoms with Gasteiger partial charge in [0.05, 0.1) is 12.7 Å². The van der Waals surface area contributed by atoms with Gasteiger partial charge in [-0.3, -0.25) is 0 Å². The molecule has 0 bridgehead atoms. The van der Waals surface area contributed by atoms with Crippen LogP contribution in [0.3, 0.4) is 0 Å². The predicted molar refractivity (Wildman–Crippen MR) is 110 cm³/mol. The Balaban J connectivity index is 1.96. The maximum atomic E-state index is 5.22. The van der Waals surface area contributed by atoms with Gasteiger partial charge in [-0.1, -0.05) is 56.2 Å². The zero-order valence-electron chi connectivity index (χ0n) is 16.0. The Bertz CT molecular complexity index is 922. The number of aromatic nitrogens is 1. The average Bonchev–Trinajstić information content (AvgIpc) is 2.96. The molecule has 0 amide bonds. The van der Waals surface area contributed by atoms with Gasteiger partial charge >= 0.3 is 0 Å². The van der Waals surface area contributed by atoms with Gasteiger partial charge in [-0.15, -0.1) is 0 Å². The van der Waals surface area contributed by atoms with Gasteiger partial charge in [0.25, 0.3) is 0 Å². The zero-order valence-corrected chi connectivity index (χ0v) is 16.0. The van der Waals surface area contributed by atoms with Crippen LogP contribution < -0.4 is 4.74 Å². The summed E-state index contributed by atoms with van der Waals surface area (Å²) in [6.07, 6.45) is 6.15. The van der Waals surface area contributed by atoms with Crippen molar-refractivity contribution in [3.05, 3.63) is 65.4 Å². The first-order valence-electron chi connectivity index (χ1n) is 9.47. The number of hydrogen-bond acceptors (Lipinski definition) is 1. The topological polar surface area (TPSA) is 14.2 Å². The molecule has 0 saturated heterocycles. The van der Waals surface area contributed by atoms with Gasteiger partial charge in [0.1, 0.15) is 5.75 Å². The van der Waals surface area contributed by atoms with Gasteiger partial charge in [-0.25, -0.2) is 0 Å². The molecule has 26 heavy (non-hydrogen) atoms. The van der Waals surface area contributed by atoms with Gasteiger partial charge < -0.3 is 9.30 Å². The van der Waals surface area contributed by atoms with Crippen molar-refractivity contribution in [1.29, 1.82) is 0 Å². The van der Waals surface area contributed by atoms with Crippen molar-refractivity contribution in [2.24, 2.45) is 7.05 Å². The molecule has 1 aromatic heterocycles. The highest BCUT2D eigenvalue weighted by molar-refractivity contribution is 5.88. The molecule has 3 rings (SSSR count). The highest BCUT2D eigenvalue weighted by atomic mass is 16.5. The third-order valence-electron chi connectivity index (χ3n) is 4.92. The molecule has 2 heteroatoms. The first-order chi connectivity index (χ1) is 12.7. The molecule has 1 heterocycles. The fourth-order valence-corrected chi connectivity index (χ4v) is 3.41. The Labute approximate surface area is 156 Å². The van der Waals surface area contributed by atoms with Gasteiger partial charge in [-0.05, 0) is 43.2 Å². The maximum Gasteiger partial charge on any atom is 0.118 e. The second kappa shape index (κ2) is 8.63. The van der Waals surface area contributed by atoms with Crippen molar-refractivity contribution in [2.75, 3.05) is 7.11 Å². The first kappa shape index (κ1) is 18.1. The third-order valence-corrected chi connectivity index (χ3v) is 4.92. The standard InChI is InChI=1S/C24H27NO/c1-4-5-6-7-11-24-22(21-10-8-9-12-23(21)25(24)2)18-15-19-13-16-20(26-3)17-14-19/h8-10,12-14,16-17H,4-7,11H2,1-3H3. The van der Waals surface area contributed by atoms with Crippen molar-refractivity contribution < 1.29 is 4.74 Å². The minimum absolute atomic E-state index is 0.859. The number of ether oxygens (including phenoxy) is 1. The largest absolute Gasteiger partial charge is 0.497 e. The summed E-state index contributed by atoms with van der Waals surface area (Å²) in [6, 6.07) is 16.5. The highest BCUT2D eigenvalue weighted by Gasteiger charge is 2.12. The average molecular weight is 345 g/mol. The van der Waals surface area contributed by atoms with Crippen molar-refractivity contribution in [3.8, 4) is 17.6 Å². The molecule has 0 aliphatic rings. The quantitative estimate of drug-likeness (QED) is 0.412. The lowest BCUT2D eigenvalue weighted by Gasteiger charge is -2.05. The van der Waals surface area contributed by atoms with E-state index in [1.54, 1.807) is 7.11 Å².